The number of tetrazole rings is 1. The summed E-state index contributed by atoms with van der Waals surface area (Å²) < 4.78 is 14.4. The number of benzene rings is 3. The number of rotatable bonds is 3. The number of halogens is 1. The van der Waals surface area contributed by atoms with Crippen LogP contribution in [0.5, 0.6) is 0 Å². The van der Waals surface area contributed by atoms with Crippen LogP contribution in [0.1, 0.15) is 11.1 Å². The fourth-order valence-corrected chi connectivity index (χ4v) is 3.93. The van der Waals surface area contributed by atoms with Gasteiger partial charge in [-0.15, -0.1) is 10.2 Å². The van der Waals surface area contributed by atoms with E-state index in [2.05, 4.69) is 51.6 Å². The Balaban J connectivity index is 1.56. The molecule has 0 saturated carbocycles. The van der Waals surface area contributed by atoms with Crippen molar-refractivity contribution < 1.29 is 4.39 Å². The van der Waals surface area contributed by atoms with Crippen LogP contribution in [0.2, 0.25) is 0 Å². The minimum atomic E-state index is -0.217. The van der Waals surface area contributed by atoms with E-state index in [1.807, 2.05) is 31.2 Å². The zero-order valence-electron chi connectivity index (χ0n) is 16.9. The molecule has 5 nitrogen and oxygen atoms in total. The predicted molar refractivity (Wildman–Crippen MR) is 116 cm³/mol. The summed E-state index contributed by atoms with van der Waals surface area (Å²) in [5.41, 5.74) is 7.60. The van der Waals surface area contributed by atoms with Crippen LogP contribution in [-0.4, -0.2) is 25.2 Å². The van der Waals surface area contributed by atoms with Crippen LogP contribution in [0.3, 0.4) is 0 Å². The molecule has 0 bridgehead atoms. The van der Waals surface area contributed by atoms with Crippen molar-refractivity contribution in [3.05, 3.63) is 77.6 Å². The number of aryl methyl sites for hydroxylation is 3. The van der Waals surface area contributed by atoms with E-state index in [0.29, 0.717) is 11.4 Å². The Bertz CT molecular complexity index is 1380. The van der Waals surface area contributed by atoms with Crippen molar-refractivity contribution in [3.8, 4) is 33.8 Å². The average Bonchev–Trinajstić information content (AvgIpc) is 3.33. The zero-order valence-corrected chi connectivity index (χ0v) is 16.9. The Labute approximate surface area is 173 Å². The van der Waals surface area contributed by atoms with Gasteiger partial charge in [-0.1, -0.05) is 30.3 Å². The van der Waals surface area contributed by atoms with Gasteiger partial charge in [0.05, 0.1) is 7.05 Å². The molecular weight excluding hydrogens is 377 g/mol. The molecule has 2 heterocycles. The molecule has 0 radical (unpaired) electrons. The summed E-state index contributed by atoms with van der Waals surface area (Å²) >= 11 is 0. The molecule has 1 N–H and O–H groups in total. The van der Waals surface area contributed by atoms with Crippen molar-refractivity contribution in [1.82, 2.24) is 25.2 Å². The van der Waals surface area contributed by atoms with Gasteiger partial charge in [-0.3, -0.25) is 0 Å². The molecule has 0 saturated heterocycles. The molecule has 5 rings (SSSR count). The van der Waals surface area contributed by atoms with Crippen molar-refractivity contribution in [2.24, 2.45) is 7.05 Å². The lowest BCUT2D eigenvalue weighted by Gasteiger charge is -2.08. The first-order valence-corrected chi connectivity index (χ1v) is 9.73. The Hall–Kier alpha value is -3.80. The van der Waals surface area contributed by atoms with E-state index in [4.69, 9.17) is 0 Å². The monoisotopic (exact) mass is 397 g/mol. The molecule has 148 valence electrons. The van der Waals surface area contributed by atoms with E-state index in [1.165, 1.54) is 10.9 Å². The smallest absolute Gasteiger partial charge is 0.204 e. The Kier molecular flexibility index (Phi) is 4.20. The van der Waals surface area contributed by atoms with Crippen LogP contribution in [0, 0.1) is 19.7 Å². The summed E-state index contributed by atoms with van der Waals surface area (Å²) in [5, 5.41) is 13.3. The van der Waals surface area contributed by atoms with Crippen molar-refractivity contribution in [3.63, 3.8) is 0 Å². The van der Waals surface area contributed by atoms with Crippen molar-refractivity contribution in [2.45, 2.75) is 13.8 Å². The number of aromatic amines is 1. The second kappa shape index (κ2) is 6.91. The molecule has 0 fully saturated rings. The third-order valence-corrected chi connectivity index (χ3v) is 5.42. The first-order valence-electron chi connectivity index (χ1n) is 9.73. The maximum Gasteiger partial charge on any atom is 0.204 e. The van der Waals surface area contributed by atoms with Gasteiger partial charge < -0.3 is 4.98 Å². The van der Waals surface area contributed by atoms with E-state index in [-0.39, 0.29) is 5.82 Å². The highest BCUT2D eigenvalue weighted by molar-refractivity contribution is 5.90. The standard InChI is InChI=1S/C24H20FN5/c1-14-5-4-6-20(25)23(14)22-13-18-12-16(8-10-21(18)26-22)19-9-7-17(11-15(19)2)24-27-29-30(3)28-24/h4-13,26H,1-3H3. The molecule has 0 amide bonds. The minimum Gasteiger partial charge on any atom is -0.354 e. The van der Waals surface area contributed by atoms with Crippen LogP contribution in [-0.2, 0) is 7.05 Å². The Morgan fingerprint density at radius 1 is 0.900 bits per heavy atom. The summed E-state index contributed by atoms with van der Waals surface area (Å²) in [6, 6.07) is 19.6. The van der Waals surface area contributed by atoms with E-state index in [0.717, 1.165) is 44.4 Å². The highest BCUT2D eigenvalue weighted by atomic mass is 19.1. The van der Waals surface area contributed by atoms with Gasteiger partial charge in [0.25, 0.3) is 0 Å². The second-order valence-electron chi connectivity index (χ2n) is 7.55. The fourth-order valence-electron chi connectivity index (χ4n) is 3.93. The second-order valence-corrected chi connectivity index (χ2v) is 7.55. The first-order chi connectivity index (χ1) is 14.5. The molecule has 0 aliphatic rings. The van der Waals surface area contributed by atoms with Crippen LogP contribution < -0.4 is 0 Å². The van der Waals surface area contributed by atoms with Gasteiger partial charge >= 0.3 is 0 Å². The summed E-state index contributed by atoms with van der Waals surface area (Å²) in [6.07, 6.45) is 0. The van der Waals surface area contributed by atoms with Crippen molar-refractivity contribution in [1.29, 1.82) is 0 Å². The fraction of sp³-hybridized carbons (Fsp3) is 0.125. The predicted octanol–water partition coefficient (Wildman–Crippen LogP) is 5.45. The molecule has 5 aromatic rings. The van der Waals surface area contributed by atoms with Crippen LogP contribution >= 0.6 is 0 Å². The molecule has 2 aromatic heterocycles. The number of fused-ring (bicyclic) bond motifs is 1. The Morgan fingerprint density at radius 3 is 2.47 bits per heavy atom. The van der Waals surface area contributed by atoms with Gasteiger partial charge in [-0.25, -0.2) is 4.39 Å². The van der Waals surface area contributed by atoms with Gasteiger partial charge in [0.1, 0.15) is 5.82 Å². The third kappa shape index (κ3) is 3.06. The third-order valence-electron chi connectivity index (χ3n) is 5.42. The summed E-state index contributed by atoms with van der Waals surface area (Å²) in [5.74, 6) is 0.393. The van der Waals surface area contributed by atoms with Crippen LogP contribution in [0.25, 0.3) is 44.7 Å². The van der Waals surface area contributed by atoms with Crippen molar-refractivity contribution in [2.75, 3.05) is 0 Å². The Morgan fingerprint density at radius 2 is 1.73 bits per heavy atom. The van der Waals surface area contributed by atoms with Gasteiger partial charge in [0, 0.05) is 27.7 Å². The summed E-state index contributed by atoms with van der Waals surface area (Å²) in [7, 11) is 1.75. The number of nitrogens with zero attached hydrogens (tertiary/aromatic N) is 4. The number of hydrogen-bond donors (Lipinski definition) is 1. The lowest BCUT2D eigenvalue weighted by molar-refractivity contribution is 0.630. The molecule has 6 heteroatoms. The van der Waals surface area contributed by atoms with E-state index < -0.39 is 0 Å². The van der Waals surface area contributed by atoms with Crippen molar-refractivity contribution >= 4 is 10.9 Å². The lowest BCUT2D eigenvalue weighted by atomic mass is 9.97. The van der Waals surface area contributed by atoms with Gasteiger partial charge in [0.2, 0.25) is 5.82 Å². The van der Waals surface area contributed by atoms with Gasteiger partial charge in [0.15, 0.2) is 0 Å². The number of nitrogens with one attached hydrogen (secondary N) is 1. The maximum absolute atomic E-state index is 14.4. The highest BCUT2D eigenvalue weighted by Gasteiger charge is 2.13. The lowest BCUT2D eigenvalue weighted by Crippen LogP contribution is -1.92. The molecule has 0 aliphatic heterocycles. The van der Waals surface area contributed by atoms with Gasteiger partial charge in [-0.2, -0.15) is 4.80 Å². The number of H-pyrrole nitrogens is 1. The quantitative estimate of drug-likeness (QED) is 0.440. The van der Waals surface area contributed by atoms with E-state index >= 15 is 0 Å². The summed E-state index contributed by atoms with van der Waals surface area (Å²) in [4.78, 5) is 4.81. The molecule has 0 unspecified atom stereocenters. The SMILES string of the molecule is Cc1cc(-c2nnn(C)n2)ccc1-c1ccc2[nH]c(-c3c(C)cccc3F)cc2c1. The summed E-state index contributed by atoms with van der Waals surface area (Å²) in [6.45, 7) is 4.00. The van der Waals surface area contributed by atoms with E-state index in [9.17, 15) is 4.39 Å². The first kappa shape index (κ1) is 18.2. The topological polar surface area (TPSA) is 59.4 Å². The number of hydrogen-bond acceptors (Lipinski definition) is 3. The molecule has 3 aromatic carbocycles. The van der Waals surface area contributed by atoms with Crippen LogP contribution in [0.4, 0.5) is 4.39 Å². The largest absolute Gasteiger partial charge is 0.354 e. The normalized spacial score (nSPS) is 11.3. The molecule has 0 atom stereocenters. The average molecular weight is 397 g/mol. The van der Waals surface area contributed by atoms with E-state index in [1.54, 1.807) is 13.1 Å². The highest BCUT2D eigenvalue weighted by Crippen LogP contribution is 2.33. The zero-order chi connectivity index (χ0) is 20.8. The molecule has 30 heavy (non-hydrogen) atoms. The molecule has 0 spiro atoms. The minimum absolute atomic E-state index is 0.217. The molecular formula is C24H20FN5. The molecule has 0 aliphatic carbocycles. The van der Waals surface area contributed by atoms with Gasteiger partial charge in [-0.05, 0) is 71.6 Å². The van der Waals surface area contributed by atoms with Crippen LogP contribution in [0.15, 0.2) is 60.7 Å². The maximum atomic E-state index is 14.4. The number of aromatic nitrogens is 5.